The van der Waals surface area contributed by atoms with Crippen LogP contribution in [0.4, 0.5) is 0 Å². The molecule has 1 aliphatic rings. The zero-order valence-corrected chi connectivity index (χ0v) is 16.2. The normalized spacial score (nSPS) is 13.6. The molecule has 0 bridgehead atoms. The lowest BCUT2D eigenvalue weighted by Gasteiger charge is -2.21. The fourth-order valence-electron chi connectivity index (χ4n) is 3.14. The molecule has 4 nitrogen and oxygen atoms in total. The lowest BCUT2D eigenvalue weighted by atomic mass is 10.2. The molecule has 1 saturated carbocycles. The average molecular weight is 410 g/mol. The van der Waals surface area contributed by atoms with Crippen molar-refractivity contribution in [2.24, 2.45) is 0 Å². The number of rotatable bonds is 5. The predicted octanol–water partition coefficient (Wildman–Crippen LogP) is 4.75. The van der Waals surface area contributed by atoms with Gasteiger partial charge in [0.05, 0.1) is 5.69 Å². The second-order valence-electron chi connectivity index (χ2n) is 6.71. The number of hydrogen-bond acceptors (Lipinski definition) is 2. The molecule has 132 valence electrons. The summed E-state index contributed by atoms with van der Waals surface area (Å²) in [6, 6.07) is 20.2. The Morgan fingerprint density at radius 3 is 2.62 bits per heavy atom. The van der Waals surface area contributed by atoms with Gasteiger partial charge in [0.25, 0.3) is 5.91 Å². The van der Waals surface area contributed by atoms with E-state index in [2.05, 4.69) is 33.2 Å². The van der Waals surface area contributed by atoms with Gasteiger partial charge in [-0.3, -0.25) is 4.79 Å². The van der Waals surface area contributed by atoms with Gasteiger partial charge < -0.3 is 4.90 Å². The highest BCUT2D eigenvalue weighted by atomic mass is 79.9. The van der Waals surface area contributed by atoms with E-state index < -0.39 is 0 Å². The molecule has 0 saturated heterocycles. The number of para-hydroxylation sites is 1. The second-order valence-corrected chi connectivity index (χ2v) is 7.63. The van der Waals surface area contributed by atoms with Gasteiger partial charge in [0.15, 0.2) is 5.69 Å². The van der Waals surface area contributed by atoms with Crippen molar-refractivity contribution in [2.45, 2.75) is 32.4 Å². The fraction of sp³-hybridized carbons (Fsp3) is 0.238. The molecule has 0 radical (unpaired) electrons. The number of aromatic nitrogens is 2. The number of hydrogen-bond donors (Lipinski definition) is 0. The van der Waals surface area contributed by atoms with Gasteiger partial charge in [-0.15, -0.1) is 0 Å². The number of aryl methyl sites for hydroxylation is 1. The van der Waals surface area contributed by atoms with Crippen molar-refractivity contribution in [1.29, 1.82) is 0 Å². The lowest BCUT2D eigenvalue weighted by Crippen LogP contribution is -2.33. The third-order valence-electron chi connectivity index (χ3n) is 4.60. The molecule has 1 heterocycles. The van der Waals surface area contributed by atoms with E-state index in [1.807, 2.05) is 65.0 Å². The molecule has 0 spiro atoms. The fourth-order valence-corrected chi connectivity index (χ4v) is 3.59. The number of halogens is 1. The van der Waals surface area contributed by atoms with Crippen molar-refractivity contribution >= 4 is 21.8 Å². The van der Waals surface area contributed by atoms with Crippen LogP contribution in [0.3, 0.4) is 0 Å². The maximum Gasteiger partial charge on any atom is 0.274 e. The number of amides is 1. The van der Waals surface area contributed by atoms with Gasteiger partial charge in [0.2, 0.25) is 0 Å². The first-order valence-electron chi connectivity index (χ1n) is 8.79. The summed E-state index contributed by atoms with van der Waals surface area (Å²) in [7, 11) is 0. The Balaban J connectivity index is 1.61. The highest BCUT2D eigenvalue weighted by Crippen LogP contribution is 2.30. The Labute approximate surface area is 161 Å². The summed E-state index contributed by atoms with van der Waals surface area (Å²) in [5, 5.41) is 4.59. The van der Waals surface area contributed by atoms with Crippen molar-refractivity contribution < 1.29 is 4.79 Å². The molecule has 1 fully saturated rings. The summed E-state index contributed by atoms with van der Waals surface area (Å²) in [4.78, 5) is 15.1. The van der Waals surface area contributed by atoms with Crippen molar-refractivity contribution in [3.63, 3.8) is 0 Å². The highest BCUT2D eigenvalue weighted by Gasteiger charge is 2.34. The maximum atomic E-state index is 13.2. The molecule has 5 heteroatoms. The summed E-state index contributed by atoms with van der Waals surface area (Å²) >= 11 is 3.51. The molecule has 26 heavy (non-hydrogen) atoms. The van der Waals surface area contributed by atoms with Crippen molar-refractivity contribution in [3.8, 4) is 5.69 Å². The molecule has 1 aliphatic carbocycles. The molecule has 3 aromatic rings. The molecule has 4 rings (SSSR count). The largest absolute Gasteiger partial charge is 0.330 e. The first-order valence-corrected chi connectivity index (χ1v) is 9.58. The molecule has 0 N–H and O–H groups in total. The first-order chi connectivity index (χ1) is 12.6. The summed E-state index contributed by atoms with van der Waals surface area (Å²) in [5.41, 5.74) is 3.55. The number of nitrogens with zero attached hydrogens (tertiary/aromatic N) is 3. The summed E-state index contributed by atoms with van der Waals surface area (Å²) in [6.07, 6.45) is 2.14. The van der Waals surface area contributed by atoms with Gasteiger partial charge in [-0.05, 0) is 55.7 Å². The standard InChI is InChI=1S/C21H20BrN3O/c1-15-12-20(23-25(15)19-8-3-2-4-9-19)21(26)24(18-10-11-18)14-16-6-5-7-17(22)13-16/h2-9,12-13,18H,10-11,14H2,1H3. The van der Waals surface area contributed by atoms with E-state index >= 15 is 0 Å². The highest BCUT2D eigenvalue weighted by molar-refractivity contribution is 9.10. The quantitative estimate of drug-likeness (QED) is 0.609. The molecule has 2 aromatic carbocycles. The molecule has 1 aromatic heterocycles. The van der Waals surface area contributed by atoms with Crippen LogP contribution in [0.1, 0.15) is 34.6 Å². The molecule has 1 amide bonds. The van der Waals surface area contributed by atoms with Gasteiger partial charge in [-0.2, -0.15) is 5.10 Å². The van der Waals surface area contributed by atoms with E-state index in [0.29, 0.717) is 18.3 Å². The van der Waals surface area contributed by atoms with E-state index in [-0.39, 0.29) is 5.91 Å². The lowest BCUT2D eigenvalue weighted by molar-refractivity contribution is 0.0723. The van der Waals surface area contributed by atoms with Crippen LogP contribution in [0.25, 0.3) is 5.69 Å². The molecule has 0 aliphatic heterocycles. The van der Waals surface area contributed by atoms with E-state index in [9.17, 15) is 4.79 Å². The van der Waals surface area contributed by atoms with Crippen LogP contribution < -0.4 is 0 Å². The van der Waals surface area contributed by atoms with Gasteiger partial charge in [-0.1, -0.05) is 46.3 Å². The van der Waals surface area contributed by atoms with Gasteiger partial charge in [0.1, 0.15) is 0 Å². The third kappa shape index (κ3) is 3.58. The minimum atomic E-state index is 0.00487. The molecular weight excluding hydrogens is 390 g/mol. The Bertz CT molecular complexity index is 931. The minimum Gasteiger partial charge on any atom is -0.330 e. The van der Waals surface area contributed by atoms with Crippen LogP contribution in [0, 0.1) is 6.92 Å². The van der Waals surface area contributed by atoms with Crippen LogP contribution in [0.2, 0.25) is 0 Å². The number of carbonyl (C=O) groups is 1. The van der Waals surface area contributed by atoms with Crippen LogP contribution in [0.5, 0.6) is 0 Å². The van der Waals surface area contributed by atoms with Crippen molar-refractivity contribution in [2.75, 3.05) is 0 Å². The number of carbonyl (C=O) groups excluding carboxylic acids is 1. The van der Waals surface area contributed by atoms with Crippen LogP contribution in [-0.4, -0.2) is 26.6 Å². The topological polar surface area (TPSA) is 38.1 Å². The molecule has 0 unspecified atom stereocenters. The predicted molar refractivity (Wildman–Crippen MR) is 105 cm³/mol. The van der Waals surface area contributed by atoms with E-state index in [1.165, 1.54) is 0 Å². The second kappa shape index (κ2) is 7.08. The summed E-state index contributed by atoms with van der Waals surface area (Å²) in [6.45, 7) is 2.59. The molecule has 0 atom stereocenters. The Kier molecular flexibility index (Phi) is 4.64. The smallest absolute Gasteiger partial charge is 0.274 e. The van der Waals surface area contributed by atoms with Crippen LogP contribution >= 0.6 is 15.9 Å². The van der Waals surface area contributed by atoms with E-state index in [4.69, 9.17) is 0 Å². The van der Waals surface area contributed by atoms with Crippen LogP contribution in [0.15, 0.2) is 65.1 Å². The zero-order valence-electron chi connectivity index (χ0n) is 14.6. The SMILES string of the molecule is Cc1cc(C(=O)N(Cc2cccc(Br)c2)C2CC2)nn1-c1ccccc1. The van der Waals surface area contributed by atoms with E-state index in [1.54, 1.807) is 0 Å². The molecular formula is C21H20BrN3O. The van der Waals surface area contributed by atoms with Crippen molar-refractivity contribution in [3.05, 3.63) is 82.1 Å². The summed E-state index contributed by atoms with van der Waals surface area (Å²) < 4.78 is 2.86. The van der Waals surface area contributed by atoms with Crippen molar-refractivity contribution in [1.82, 2.24) is 14.7 Å². The van der Waals surface area contributed by atoms with Crippen LogP contribution in [-0.2, 0) is 6.54 Å². The summed E-state index contributed by atoms with van der Waals surface area (Å²) in [5.74, 6) is 0.00487. The van der Waals surface area contributed by atoms with Gasteiger partial charge >= 0.3 is 0 Å². The third-order valence-corrected chi connectivity index (χ3v) is 5.09. The average Bonchev–Trinajstić information content (AvgIpc) is 3.41. The Morgan fingerprint density at radius 1 is 1.15 bits per heavy atom. The van der Waals surface area contributed by atoms with Gasteiger partial charge in [-0.25, -0.2) is 4.68 Å². The van der Waals surface area contributed by atoms with Gasteiger partial charge in [0, 0.05) is 22.8 Å². The first kappa shape index (κ1) is 17.0. The Hall–Kier alpha value is -2.40. The zero-order chi connectivity index (χ0) is 18.1. The number of benzene rings is 2. The maximum absolute atomic E-state index is 13.2. The monoisotopic (exact) mass is 409 g/mol. The Morgan fingerprint density at radius 2 is 1.92 bits per heavy atom. The minimum absolute atomic E-state index is 0.00487. The van der Waals surface area contributed by atoms with E-state index in [0.717, 1.165) is 34.3 Å².